The van der Waals surface area contributed by atoms with E-state index in [4.69, 9.17) is 10.5 Å². The summed E-state index contributed by atoms with van der Waals surface area (Å²) in [7, 11) is 0. The molecule has 0 aromatic carbocycles. The molecule has 4 N–H and O–H groups in total. The summed E-state index contributed by atoms with van der Waals surface area (Å²) in [6.07, 6.45) is -1.68. The summed E-state index contributed by atoms with van der Waals surface area (Å²) in [6, 6.07) is -0.126. The lowest BCUT2D eigenvalue weighted by Crippen LogP contribution is -2.61. The Labute approximate surface area is 65.0 Å². The molecular formula is C7H13NO3. The van der Waals surface area contributed by atoms with E-state index in [1.807, 2.05) is 6.92 Å². The first-order chi connectivity index (χ1) is 5.13. The zero-order valence-corrected chi connectivity index (χ0v) is 6.34. The summed E-state index contributed by atoms with van der Waals surface area (Å²) in [5.41, 5.74) is 5.72. The molecule has 2 rings (SSSR count). The highest BCUT2D eigenvalue weighted by molar-refractivity contribution is 5.09. The van der Waals surface area contributed by atoms with Crippen LogP contribution in [-0.2, 0) is 4.74 Å². The van der Waals surface area contributed by atoms with Gasteiger partial charge in [-0.05, 0) is 6.92 Å². The second-order valence-electron chi connectivity index (χ2n) is 3.44. The van der Waals surface area contributed by atoms with Gasteiger partial charge in [-0.15, -0.1) is 0 Å². The summed E-state index contributed by atoms with van der Waals surface area (Å²) in [5, 5.41) is 18.5. The van der Waals surface area contributed by atoms with E-state index in [1.54, 1.807) is 0 Å². The molecule has 4 heteroatoms. The van der Waals surface area contributed by atoms with Gasteiger partial charge < -0.3 is 20.7 Å². The number of aliphatic hydroxyl groups excluding tert-OH is 2. The first-order valence-corrected chi connectivity index (χ1v) is 3.90. The molecule has 1 aliphatic carbocycles. The lowest BCUT2D eigenvalue weighted by molar-refractivity contribution is -0.180. The van der Waals surface area contributed by atoms with Crippen molar-refractivity contribution in [3.63, 3.8) is 0 Å². The summed E-state index contributed by atoms with van der Waals surface area (Å²) >= 11 is 0. The van der Waals surface area contributed by atoms with Gasteiger partial charge in [0.25, 0.3) is 0 Å². The van der Waals surface area contributed by atoms with Gasteiger partial charge >= 0.3 is 0 Å². The molecule has 0 radical (unpaired) electrons. The minimum atomic E-state index is -0.726. The number of hydrogen-bond acceptors (Lipinski definition) is 4. The Bertz CT molecular complexity index is 175. The second kappa shape index (κ2) is 2.17. The highest BCUT2D eigenvalue weighted by atomic mass is 16.5. The van der Waals surface area contributed by atoms with Gasteiger partial charge in [-0.1, -0.05) is 0 Å². The molecule has 1 heterocycles. The van der Waals surface area contributed by atoms with Crippen molar-refractivity contribution in [1.82, 2.24) is 0 Å². The van der Waals surface area contributed by atoms with E-state index in [9.17, 15) is 10.2 Å². The van der Waals surface area contributed by atoms with Crippen LogP contribution < -0.4 is 5.73 Å². The number of hydrogen-bond donors (Lipinski definition) is 3. The van der Waals surface area contributed by atoms with Gasteiger partial charge in [0.15, 0.2) is 0 Å². The second-order valence-corrected chi connectivity index (χ2v) is 3.44. The number of rotatable bonds is 0. The third-order valence-electron chi connectivity index (χ3n) is 2.82. The molecule has 0 amide bonds. The molecule has 0 spiro atoms. The van der Waals surface area contributed by atoms with Gasteiger partial charge in [-0.25, -0.2) is 0 Å². The average Bonchev–Trinajstić information content (AvgIpc) is 2.26. The molecule has 64 valence electrons. The predicted octanol–water partition coefficient (Wildman–Crippen LogP) is -1.55. The summed E-state index contributed by atoms with van der Waals surface area (Å²) in [4.78, 5) is 0. The molecule has 0 aromatic heterocycles. The molecule has 2 aliphatic rings. The highest BCUT2D eigenvalue weighted by Gasteiger charge is 2.58. The van der Waals surface area contributed by atoms with Crippen molar-refractivity contribution in [3.8, 4) is 0 Å². The quantitative estimate of drug-likeness (QED) is 0.400. The van der Waals surface area contributed by atoms with Crippen molar-refractivity contribution in [1.29, 1.82) is 0 Å². The Hall–Kier alpha value is -0.160. The van der Waals surface area contributed by atoms with Crippen LogP contribution in [0.1, 0.15) is 6.92 Å². The maximum Gasteiger partial charge on any atom is 0.107 e. The molecule has 1 saturated carbocycles. The summed E-state index contributed by atoms with van der Waals surface area (Å²) in [5.74, 6) is -0.0556. The minimum Gasteiger partial charge on any atom is -0.390 e. The number of ether oxygens (including phenoxy) is 1. The first-order valence-electron chi connectivity index (χ1n) is 3.90. The van der Waals surface area contributed by atoms with Crippen molar-refractivity contribution in [2.45, 2.75) is 37.4 Å². The molecule has 4 nitrogen and oxygen atoms in total. The number of fused-ring (bicyclic) bond motifs is 1. The topological polar surface area (TPSA) is 75.7 Å². The van der Waals surface area contributed by atoms with E-state index < -0.39 is 12.2 Å². The molecule has 6 unspecified atom stereocenters. The third-order valence-corrected chi connectivity index (χ3v) is 2.82. The van der Waals surface area contributed by atoms with Crippen LogP contribution in [0.2, 0.25) is 0 Å². The smallest absolute Gasteiger partial charge is 0.107 e. The van der Waals surface area contributed by atoms with Gasteiger partial charge in [0.05, 0.1) is 18.3 Å². The van der Waals surface area contributed by atoms with E-state index in [0.29, 0.717) is 0 Å². The van der Waals surface area contributed by atoms with Crippen LogP contribution in [0.3, 0.4) is 0 Å². The molecule has 11 heavy (non-hydrogen) atoms. The predicted molar refractivity (Wildman–Crippen MR) is 37.8 cm³/mol. The van der Waals surface area contributed by atoms with E-state index in [2.05, 4.69) is 0 Å². The Kier molecular flexibility index (Phi) is 1.47. The Morgan fingerprint density at radius 2 is 1.91 bits per heavy atom. The molecule has 0 aromatic rings. The van der Waals surface area contributed by atoms with E-state index >= 15 is 0 Å². The Morgan fingerprint density at radius 3 is 2.45 bits per heavy atom. The average molecular weight is 159 g/mol. The lowest BCUT2D eigenvalue weighted by atomic mass is 9.73. The van der Waals surface area contributed by atoms with E-state index in [-0.39, 0.29) is 24.2 Å². The first kappa shape index (κ1) is 7.49. The normalized spacial score (nSPS) is 62.2. The van der Waals surface area contributed by atoms with Crippen LogP contribution in [0.4, 0.5) is 0 Å². The van der Waals surface area contributed by atoms with Gasteiger partial charge in [-0.2, -0.15) is 0 Å². The molecule has 6 atom stereocenters. The van der Waals surface area contributed by atoms with Crippen LogP contribution in [0, 0.1) is 5.92 Å². The van der Waals surface area contributed by atoms with Crippen LogP contribution in [0.15, 0.2) is 0 Å². The highest BCUT2D eigenvalue weighted by Crippen LogP contribution is 2.40. The van der Waals surface area contributed by atoms with E-state index in [0.717, 1.165) is 0 Å². The third kappa shape index (κ3) is 0.780. The fraction of sp³-hybridized carbons (Fsp3) is 1.00. The maximum absolute atomic E-state index is 9.26. The number of aliphatic hydroxyl groups is 2. The van der Waals surface area contributed by atoms with Gasteiger partial charge in [0.1, 0.15) is 6.10 Å². The Morgan fingerprint density at radius 1 is 1.27 bits per heavy atom. The van der Waals surface area contributed by atoms with E-state index in [1.165, 1.54) is 0 Å². The van der Waals surface area contributed by atoms with Gasteiger partial charge in [0, 0.05) is 12.0 Å². The monoisotopic (exact) mass is 159 g/mol. The summed E-state index contributed by atoms with van der Waals surface area (Å²) < 4.78 is 5.32. The van der Waals surface area contributed by atoms with Crippen LogP contribution >= 0.6 is 0 Å². The van der Waals surface area contributed by atoms with Crippen molar-refractivity contribution >= 4 is 0 Å². The Balaban J connectivity index is 2.12. The fourth-order valence-electron chi connectivity index (χ4n) is 1.97. The van der Waals surface area contributed by atoms with Gasteiger partial charge in [-0.3, -0.25) is 0 Å². The SMILES string of the molecule is CC1OC2C(O)C(O)C2C1N. The standard InChI is InChI=1S/C7H13NO3/c1-2-4(8)3-5(9)6(10)7(3)11-2/h2-7,9-10H,8H2,1H3. The van der Waals surface area contributed by atoms with Crippen molar-refractivity contribution in [2.24, 2.45) is 11.7 Å². The molecule has 0 bridgehead atoms. The van der Waals surface area contributed by atoms with Crippen LogP contribution in [0.5, 0.6) is 0 Å². The van der Waals surface area contributed by atoms with Gasteiger partial charge in [0.2, 0.25) is 0 Å². The summed E-state index contributed by atoms with van der Waals surface area (Å²) in [6.45, 7) is 1.86. The van der Waals surface area contributed by atoms with Crippen LogP contribution in [0.25, 0.3) is 0 Å². The zero-order valence-electron chi connectivity index (χ0n) is 6.34. The fourth-order valence-corrected chi connectivity index (χ4v) is 1.97. The number of nitrogens with two attached hydrogens (primary N) is 1. The van der Waals surface area contributed by atoms with Crippen molar-refractivity contribution in [2.75, 3.05) is 0 Å². The molecule has 1 aliphatic heterocycles. The molecular weight excluding hydrogens is 146 g/mol. The maximum atomic E-state index is 9.26. The molecule has 2 fully saturated rings. The van der Waals surface area contributed by atoms with Crippen molar-refractivity contribution < 1.29 is 14.9 Å². The van der Waals surface area contributed by atoms with Crippen molar-refractivity contribution in [3.05, 3.63) is 0 Å². The molecule has 1 saturated heterocycles. The van der Waals surface area contributed by atoms with Crippen LogP contribution in [-0.4, -0.2) is 40.7 Å². The zero-order chi connectivity index (χ0) is 8.17. The lowest BCUT2D eigenvalue weighted by Gasteiger charge is -2.41. The minimum absolute atomic E-state index is 0.0446. The largest absolute Gasteiger partial charge is 0.390 e.